The summed E-state index contributed by atoms with van der Waals surface area (Å²) < 4.78 is 29.0. The van der Waals surface area contributed by atoms with E-state index in [1.807, 2.05) is 6.20 Å². The Labute approximate surface area is 154 Å². The largest absolute Gasteiger partial charge is 0.322 e. The van der Waals surface area contributed by atoms with E-state index in [1.54, 1.807) is 16.8 Å². The van der Waals surface area contributed by atoms with Crippen molar-refractivity contribution in [2.45, 2.75) is 25.9 Å². The number of fused-ring (bicyclic) bond motifs is 1. The molecule has 0 unspecified atom stereocenters. The van der Waals surface area contributed by atoms with Gasteiger partial charge in [-0.15, -0.1) is 0 Å². The molecule has 1 aliphatic rings. The molecule has 2 aromatic heterocycles. The third kappa shape index (κ3) is 3.34. The van der Waals surface area contributed by atoms with Crippen molar-refractivity contribution < 1.29 is 13.6 Å². The molecule has 1 aromatic carbocycles. The van der Waals surface area contributed by atoms with Gasteiger partial charge >= 0.3 is 6.03 Å². The van der Waals surface area contributed by atoms with E-state index in [0.29, 0.717) is 23.1 Å². The van der Waals surface area contributed by atoms with Gasteiger partial charge < -0.3 is 10.2 Å². The fraction of sp³-hybridized carbons (Fsp3) is 0.316. The molecule has 140 valence electrons. The molecule has 1 N–H and O–H groups in total. The molecule has 0 atom stereocenters. The van der Waals surface area contributed by atoms with Gasteiger partial charge in [-0.1, -0.05) is 13.8 Å². The number of carbonyl (C=O) groups is 1. The normalized spacial score (nSPS) is 14.6. The fourth-order valence-corrected chi connectivity index (χ4v) is 2.92. The Bertz CT molecular complexity index is 1010. The summed E-state index contributed by atoms with van der Waals surface area (Å²) in [5.74, 6) is 0.333. The van der Waals surface area contributed by atoms with Gasteiger partial charge in [0.05, 0.1) is 18.8 Å². The van der Waals surface area contributed by atoms with Crippen LogP contribution in [-0.4, -0.2) is 44.6 Å². The highest BCUT2D eigenvalue weighted by molar-refractivity contribution is 5.90. The number of hydrogen-bond donors (Lipinski definition) is 1. The third-order valence-electron chi connectivity index (χ3n) is 4.61. The molecular formula is C19H19F2N5O. The number of halogens is 2. The van der Waals surface area contributed by atoms with Crippen molar-refractivity contribution in [1.29, 1.82) is 0 Å². The number of benzene rings is 1. The zero-order valence-corrected chi connectivity index (χ0v) is 15.0. The van der Waals surface area contributed by atoms with Crippen LogP contribution in [0.25, 0.3) is 17.0 Å². The number of urea groups is 1. The highest BCUT2D eigenvalue weighted by atomic mass is 19.1. The molecule has 4 rings (SSSR count). The minimum Gasteiger partial charge on any atom is -0.319 e. The summed E-state index contributed by atoms with van der Waals surface area (Å²) in [5, 5.41) is 2.66. The van der Waals surface area contributed by atoms with Gasteiger partial charge in [0.1, 0.15) is 12.0 Å². The highest BCUT2D eigenvalue weighted by Crippen LogP contribution is 2.26. The Morgan fingerprint density at radius 3 is 2.78 bits per heavy atom. The number of nitrogens with zero attached hydrogens (tertiary/aromatic N) is 4. The highest BCUT2D eigenvalue weighted by Gasteiger charge is 2.30. The Kier molecular flexibility index (Phi) is 4.25. The Morgan fingerprint density at radius 2 is 2.07 bits per heavy atom. The molecule has 6 nitrogen and oxygen atoms in total. The number of nitrogens with one attached hydrogen (secondary N) is 1. The lowest BCUT2D eigenvalue weighted by atomic mass is 10.1. The average molecular weight is 371 g/mol. The van der Waals surface area contributed by atoms with E-state index < -0.39 is 18.0 Å². The summed E-state index contributed by atoms with van der Waals surface area (Å²) in [6.07, 6.45) is 4.42. The van der Waals surface area contributed by atoms with Crippen LogP contribution in [0.4, 0.5) is 19.3 Å². The third-order valence-corrected chi connectivity index (χ3v) is 4.61. The molecule has 0 spiro atoms. The maximum atomic E-state index is 14.4. The molecule has 0 radical (unpaired) electrons. The van der Waals surface area contributed by atoms with Crippen LogP contribution < -0.4 is 5.32 Å². The van der Waals surface area contributed by atoms with Crippen LogP contribution in [0, 0.1) is 5.82 Å². The van der Waals surface area contributed by atoms with Crippen LogP contribution in [0.1, 0.15) is 25.3 Å². The van der Waals surface area contributed by atoms with Crippen molar-refractivity contribution in [2.75, 3.05) is 18.4 Å². The van der Waals surface area contributed by atoms with Crippen LogP contribution >= 0.6 is 0 Å². The Morgan fingerprint density at radius 1 is 1.30 bits per heavy atom. The Hall–Kier alpha value is -3.03. The number of rotatable bonds is 3. The number of anilines is 1. The summed E-state index contributed by atoms with van der Waals surface area (Å²) in [6.45, 7) is 4.29. The van der Waals surface area contributed by atoms with Crippen LogP contribution in [0.15, 0.2) is 36.8 Å². The zero-order valence-electron chi connectivity index (χ0n) is 15.0. The minimum atomic E-state index is -0.972. The van der Waals surface area contributed by atoms with E-state index in [9.17, 15) is 13.6 Å². The van der Waals surface area contributed by atoms with Crippen molar-refractivity contribution in [1.82, 2.24) is 19.3 Å². The maximum Gasteiger partial charge on any atom is 0.322 e. The van der Waals surface area contributed by atoms with Crippen molar-refractivity contribution in [3.8, 4) is 11.3 Å². The summed E-state index contributed by atoms with van der Waals surface area (Å²) in [4.78, 5) is 22.1. The van der Waals surface area contributed by atoms with Crippen LogP contribution in [-0.2, 0) is 0 Å². The van der Waals surface area contributed by atoms with E-state index in [1.165, 1.54) is 23.1 Å². The molecule has 0 saturated carbocycles. The van der Waals surface area contributed by atoms with Gasteiger partial charge in [-0.2, -0.15) is 0 Å². The first-order chi connectivity index (χ1) is 12.9. The lowest BCUT2D eigenvalue weighted by Gasteiger charge is -2.34. The van der Waals surface area contributed by atoms with Gasteiger partial charge in [0, 0.05) is 29.8 Å². The summed E-state index contributed by atoms with van der Waals surface area (Å²) in [7, 11) is 0. The molecule has 0 bridgehead atoms. The Balaban J connectivity index is 1.63. The number of aromatic nitrogens is 3. The van der Waals surface area contributed by atoms with Gasteiger partial charge in [-0.3, -0.25) is 4.40 Å². The lowest BCUT2D eigenvalue weighted by molar-refractivity contribution is 0.0974. The zero-order chi connectivity index (χ0) is 19.1. The van der Waals surface area contributed by atoms with Crippen molar-refractivity contribution in [2.24, 2.45) is 0 Å². The second kappa shape index (κ2) is 6.61. The second-order valence-corrected chi connectivity index (χ2v) is 7.00. The molecule has 8 heteroatoms. The average Bonchev–Trinajstić information content (AvgIpc) is 3.03. The topological polar surface area (TPSA) is 62.5 Å². The molecule has 1 saturated heterocycles. The molecule has 1 aliphatic heterocycles. The number of alkyl halides is 1. The van der Waals surface area contributed by atoms with E-state index in [2.05, 4.69) is 29.1 Å². The predicted octanol–water partition coefficient (Wildman–Crippen LogP) is 3.84. The first-order valence-electron chi connectivity index (χ1n) is 8.75. The predicted molar refractivity (Wildman–Crippen MR) is 98.0 cm³/mol. The first-order valence-corrected chi connectivity index (χ1v) is 8.75. The van der Waals surface area contributed by atoms with Gasteiger partial charge in [0.25, 0.3) is 0 Å². The van der Waals surface area contributed by atoms with E-state index in [-0.39, 0.29) is 18.7 Å². The van der Waals surface area contributed by atoms with Crippen molar-refractivity contribution >= 4 is 17.5 Å². The van der Waals surface area contributed by atoms with Gasteiger partial charge in [0.2, 0.25) is 5.78 Å². The van der Waals surface area contributed by atoms with Crippen molar-refractivity contribution in [3.63, 3.8) is 0 Å². The van der Waals surface area contributed by atoms with Crippen LogP contribution in [0.5, 0.6) is 0 Å². The number of carbonyl (C=O) groups excluding carboxylic acids is 1. The second-order valence-electron chi connectivity index (χ2n) is 7.00. The van der Waals surface area contributed by atoms with E-state index >= 15 is 0 Å². The summed E-state index contributed by atoms with van der Waals surface area (Å²) in [6, 6.07) is 3.86. The number of imidazole rings is 1. The molecule has 1 fully saturated rings. The molecule has 27 heavy (non-hydrogen) atoms. The maximum absolute atomic E-state index is 14.4. The van der Waals surface area contributed by atoms with Gasteiger partial charge in [-0.05, 0) is 29.7 Å². The lowest BCUT2D eigenvalue weighted by Crippen LogP contribution is -2.53. The molecule has 3 aromatic rings. The van der Waals surface area contributed by atoms with Crippen LogP contribution in [0.2, 0.25) is 0 Å². The van der Waals surface area contributed by atoms with E-state index in [0.717, 1.165) is 5.56 Å². The van der Waals surface area contributed by atoms with Gasteiger partial charge in [0.15, 0.2) is 0 Å². The SMILES string of the molecule is CC(C)c1cnc2nc(-c3cc(NC(=O)N4CC(F)C4)ccc3F)cn2c1. The van der Waals surface area contributed by atoms with Crippen molar-refractivity contribution in [3.05, 3.63) is 48.2 Å². The molecular weight excluding hydrogens is 352 g/mol. The van der Waals surface area contributed by atoms with E-state index in [4.69, 9.17) is 0 Å². The monoisotopic (exact) mass is 371 g/mol. The summed E-state index contributed by atoms with van der Waals surface area (Å²) >= 11 is 0. The molecule has 0 aliphatic carbocycles. The smallest absolute Gasteiger partial charge is 0.319 e. The minimum absolute atomic E-state index is 0.0795. The summed E-state index contributed by atoms with van der Waals surface area (Å²) in [5.41, 5.74) is 2.15. The number of hydrogen-bond acceptors (Lipinski definition) is 3. The molecule has 2 amide bonds. The standard InChI is InChI=1S/C19H19F2N5O/c1-11(2)12-6-22-18-24-17(10-25(18)7-12)15-5-14(3-4-16(15)21)23-19(27)26-8-13(20)9-26/h3-7,10-11,13H,8-9H2,1-2H3,(H,23,27). The molecule has 3 heterocycles. The number of likely N-dealkylation sites (tertiary alicyclic amines) is 1. The number of amides is 2. The first kappa shape index (κ1) is 17.4. The van der Waals surface area contributed by atoms with Gasteiger partial charge in [-0.25, -0.2) is 23.5 Å². The quantitative estimate of drug-likeness (QED) is 0.761. The fourth-order valence-electron chi connectivity index (χ4n) is 2.92. The van der Waals surface area contributed by atoms with Crippen LogP contribution in [0.3, 0.4) is 0 Å².